The number of hydrogen-bond donors (Lipinski definition) is 0. The van der Waals surface area contributed by atoms with Gasteiger partial charge in [-0.25, -0.2) is 0 Å². The van der Waals surface area contributed by atoms with Gasteiger partial charge in [-0.15, -0.1) is 0 Å². The van der Waals surface area contributed by atoms with Crippen molar-refractivity contribution in [1.82, 2.24) is 4.90 Å². The van der Waals surface area contributed by atoms with Gasteiger partial charge in [-0.1, -0.05) is 6.92 Å². The highest BCUT2D eigenvalue weighted by atomic mass is 16.6. The third-order valence-corrected chi connectivity index (χ3v) is 4.80. The first-order valence-electron chi connectivity index (χ1n) is 9.54. The largest absolute Gasteiger partial charge is 0.295 e. The van der Waals surface area contributed by atoms with Gasteiger partial charge in [0.1, 0.15) is 0 Å². The molecule has 0 N–H and O–H groups in total. The number of benzene rings is 2. The third kappa shape index (κ3) is 5.03. The molecule has 30 heavy (non-hydrogen) atoms. The molecular weight excluding hydrogens is 386 g/mol. The predicted octanol–water partition coefficient (Wildman–Crippen LogP) is 4.26. The zero-order chi connectivity index (χ0) is 21.7. The van der Waals surface area contributed by atoms with Crippen LogP contribution in [0.1, 0.15) is 24.5 Å². The molecule has 1 aliphatic heterocycles. The third-order valence-electron chi connectivity index (χ3n) is 4.80. The number of Topliss-reactive ketones (excluding diaryl/α,β-unsaturated/α-hetero) is 1. The molecule has 0 amide bonds. The molecule has 0 atom stereocenters. The van der Waals surface area contributed by atoms with Crippen LogP contribution in [0.4, 0.5) is 11.4 Å². The summed E-state index contributed by atoms with van der Waals surface area (Å²) in [5, 5.41) is 21.7. The maximum absolute atomic E-state index is 13.1. The molecule has 1 heterocycles. The molecule has 8 nitrogen and oxygen atoms in total. The molecule has 0 aliphatic carbocycles. The maximum Gasteiger partial charge on any atom is 0.269 e. The lowest BCUT2D eigenvalue weighted by molar-refractivity contribution is -0.385. The fourth-order valence-corrected chi connectivity index (χ4v) is 3.37. The quantitative estimate of drug-likeness (QED) is 0.402. The van der Waals surface area contributed by atoms with E-state index in [1.54, 1.807) is 36.4 Å². The molecule has 2 aromatic carbocycles. The van der Waals surface area contributed by atoms with E-state index < -0.39 is 9.85 Å². The van der Waals surface area contributed by atoms with Gasteiger partial charge in [0, 0.05) is 48.5 Å². The SMILES string of the molecule is CCCN1CC(=Cc2ccc([N+](=O)[O-])cc2)C(=O)C(=Cc2ccc([N+](=O)[O-])cc2)C1. The normalized spacial score (nSPS) is 17.4. The summed E-state index contributed by atoms with van der Waals surface area (Å²) in [5.41, 5.74) is 2.65. The molecule has 0 unspecified atom stereocenters. The van der Waals surface area contributed by atoms with Crippen LogP contribution in [0.5, 0.6) is 0 Å². The minimum Gasteiger partial charge on any atom is -0.295 e. The van der Waals surface area contributed by atoms with Gasteiger partial charge in [0.15, 0.2) is 5.78 Å². The van der Waals surface area contributed by atoms with E-state index in [1.807, 2.05) is 0 Å². The Morgan fingerprint density at radius 2 is 1.23 bits per heavy atom. The Kier molecular flexibility index (Phi) is 6.48. The second-order valence-electron chi connectivity index (χ2n) is 7.08. The van der Waals surface area contributed by atoms with E-state index in [9.17, 15) is 25.0 Å². The molecule has 154 valence electrons. The summed E-state index contributed by atoms with van der Waals surface area (Å²) in [6, 6.07) is 12.1. The van der Waals surface area contributed by atoms with Crippen LogP contribution in [0.3, 0.4) is 0 Å². The number of nitro benzene ring substituents is 2. The monoisotopic (exact) mass is 407 g/mol. The summed E-state index contributed by atoms with van der Waals surface area (Å²) in [6.07, 6.45) is 4.46. The molecule has 0 radical (unpaired) electrons. The van der Waals surface area contributed by atoms with Crippen LogP contribution >= 0.6 is 0 Å². The van der Waals surface area contributed by atoms with Crippen molar-refractivity contribution in [3.63, 3.8) is 0 Å². The van der Waals surface area contributed by atoms with Crippen LogP contribution in [0.15, 0.2) is 59.7 Å². The molecule has 2 aromatic rings. The molecule has 0 bridgehead atoms. The smallest absolute Gasteiger partial charge is 0.269 e. The lowest BCUT2D eigenvalue weighted by Crippen LogP contribution is -2.38. The van der Waals surface area contributed by atoms with E-state index in [0.29, 0.717) is 24.2 Å². The van der Waals surface area contributed by atoms with Crippen molar-refractivity contribution < 1.29 is 14.6 Å². The Labute approximate surface area is 173 Å². The van der Waals surface area contributed by atoms with Crippen molar-refractivity contribution >= 4 is 29.3 Å². The number of non-ortho nitro benzene ring substituents is 2. The van der Waals surface area contributed by atoms with Gasteiger partial charge in [0.05, 0.1) is 9.85 Å². The Morgan fingerprint density at radius 3 is 1.57 bits per heavy atom. The van der Waals surface area contributed by atoms with Crippen molar-refractivity contribution in [2.24, 2.45) is 0 Å². The van der Waals surface area contributed by atoms with Crippen LogP contribution in [0, 0.1) is 20.2 Å². The highest BCUT2D eigenvalue weighted by molar-refractivity contribution is 6.14. The van der Waals surface area contributed by atoms with Crippen molar-refractivity contribution in [2.45, 2.75) is 13.3 Å². The lowest BCUT2D eigenvalue weighted by atomic mass is 9.94. The van der Waals surface area contributed by atoms with E-state index in [1.165, 1.54) is 24.3 Å². The lowest BCUT2D eigenvalue weighted by Gasteiger charge is -2.29. The number of ketones is 1. The summed E-state index contributed by atoms with van der Waals surface area (Å²) < 4.78 is 0. The second kappa shape index (κ2) is 9.23. The first-order chi connectivity index (χ1) is 14.4. The van der Waals surface area contributed by atoms with Crippen LogP contribution in [0.2, 0.25) is 0 Å². The Morgan fingerprint density at radius 1 is 0.833 bits per heavy atom. The number of carbonyl (C=O) groups excluding carboxylic acids is 1. The highest BCUT2D eigenvalue weighted by Gasteiger charge is 2.25. The van der Waals surface area contributed by atoms with Crippen molar-refractivity contribution in [1.29, 1.82) is 0 Å². The minimum atomic E-state index is -0.462. The van der Waals surface area contributed by atoms with Gasteiger partial charge < -0.3 is 0 Å². The van der Waals surface area contributed by atoms with E-state index >= 15 is 0 Å². The summed E-state index contributed by atoms with van der Waals surface area (Å²) in [6.45, 7) is 3.89. The van der Waals surface area contributed by atoms with Crippen molar-refractivity contribution in [2.75, 3.05) is 19.6 Å². The maximum atomic E-state index is 13.1. The number of hydrogen-bond acceptors (Lipinski definition) is 6. The molecule has 3 rings (SSSR count). The predicted molar refractivity (Wildman–Crippen MR) is 114 cm³/mol. The van der Waals surface area contributed by atoms with E-state index in [0.717, 1.165) is 24.1 Å². The molecule has 0 saturated carbocycles. The fourth-order valence-electron chi connectivity index (χ4n) is 3.37. The Hall–Kier alpha value is -3.65. The second-order valence-corrected chi connectivity index (χ2v) is 7.08. The average molecular weight is 407 g/mol. The zero-order valence-corrected chi connectivity index (χ0v) is 16.5. The van der Waals surface area contributed by atoms with Gasteiger partial charge in [0.25, 0.3) is 11.4 Å². The van der Waals surface area contributed by atoms with Gasteiger partial charge in [0.2, 0.25) is 0 Å². The van der Waals surface area contributed by atoms with Gasteiger partial charge >= 0.3 is 0 Å². The molecule has 1 saturated heterocycles. The molecule has 1 aliphatic rings. The highest BCUT2D eigenvalue weighted by Crippen LogP contribution is 2.24. The molecular formula is C22H21N3O5. The number of likely N-dealkylation sites (tertiary alicyclic amines) is 1. The zero-order valence-electron chi connectivity index (χ0n) is 16.5. The van der Waals surface area contributed by atoms with E-state index in [2.05, 4.69) is 11.8 Å². The van der Waals surface area contributed by atoms with Crippen LogP contribution in [-0.4, -0.2) is 40.2 Å². The van der Waals surface area contributed by atoms with E-state index in [-0.39, 0.29) is 17.2 Å². The van der Waals surface area contributed by atoms with Crippen LogP contribution < -0.4 is 0 Å². The summed E-state index contributed by atoms with van der Waals surface area (Å²) >= 11 is 0. The number of nitrogens with zero attached hydrogens (tertiary/aromatic N) is 3. The molecule has 0 aromatic heterocycles. The number of nitro groups is 2. The van der Waals surface area contributed by atoms with E-state index in [4.69, 9.17) is 0 Å². The van der Waals surface area contributed by atoms with Gasteiger partial charge in [-0.05, 0) is 60.5 Å². The molecule has 1 fully saturated rings. The summed E-state index contributed by atoms with van der Waals surface area (Å²) in [5.74, 6) is -0.0842. The fraction of sp³-hybridized carbons (Fsp3) is 0.227. The van der Waals surface area contributed by atoms with Crippen molar-refractivity contribution in [3.05, 3.63) is 91.0 Å². The summed E-state index contributed by atoms with van der Waals surface area (Å²) in [7, 11) is 0. The molecule has 8 heteroatoms. The first-order valence-corrected chi connectivity index (χ1v) is 9.54. The Bertz CT molecular complexity index is 944. The first kappa shape index (κ1) is 21.1. The topological polar surface area (TPSA) is 107 Å². The van der Waals surface area contributed by atoms with Gasteiger partial charge in [-0.2, -0.15) is 0 Å². The average Bonchev–Trinajstić information content (AvgIpc) is 2.72. The van der Waals surface area contributed by atoms with Gasteiger partial charge in [-0.3, -0.25) is 29.9 Å². The summed E-state index contributed by atoms with van der Waals surface area (Å²) in [4.78, 5) is 36.0. The number of piperidine rings is 1. The number of rotatable bonds is 6. The van der Waals surface area contributed by atoms with Crippen LogP contribution in [-0.2, 0) is 4.79 Å². The minimum absolute atomic E-state index is 0.00140. The number of carbonyl (C=O) groups is 1. The van der Waals surface area contributed by atoms with Crippen molar-refractivity contribution in [3.8, 4) is 0 Å². The standard InChI is InChI=1S/C22H21N3O5/c1-2-11-23-14-18(12-16-3-7-20(8-4-16)24(27)28)22(26)19(15-23)13-17-5-9-21(10-6-17)25(29)30/h3-10,12-13H,2,11,14-15H2,1H3. The van der Waals surface area contributed by atoms with Crippen LogP contribution in [0.25, 0.3) is 12.2 Å². The Balaban J connectivity index is 1.91. The molecule has 0 spiro atoms.